The minimum Gasteiger partial charge on any atom is -0.445 e. The van der Waals surface area contributed by atoms with Crippen LogP contribution in [0.3, 0.4) is 0 Å². The lowest BCUT2D eigenvalue weighted by atomic mass is 10.1. The standard InChI is InChI=1S/C25H27Cl2N3O4/c26-19-11-10-18(20(27)14-19)15-28-23(31)21-8-4-12-29(21)24(32)22-9-5-13-30(22)25(33)34-16-17-6-2-1-3-7-17/h1-3,6-7,10-11,14,21-22H,4-5,8-9,12-13,15-16H2,(H,28,31)/t21-,22-/m0/s1. The Hall–Kier alpha value is -2.77. The van der Waals surface area contributed by atoms with Gasteiger partial charge in [-0.25, -0.2) is 4.79 Å². The molecule has 2 heterocycles. The lowest BCUT2D eigenvalue weighted by molar-refractivity contribution is -0.141. The van der Waals surface area contributed by atoms with Crippen LogP contribution in [0.25, 0.3) is 0 Å². The van der Waals surface area contributed by atoms with Gasteiger partial charge in [0.1, 0.15) is 18.7 Å². The number of nitrogens with zero attached hydrogens (tertiary/aromatic N) is 2. The van der Waals surface area contributed by atoms with E-state index in [1.54, 1.807) is 23.1 Å². The largest absolute Gasteiger partial charge is 0.445 e. The Morgan fingerprint density at radius 1 is 0.941 bits per heavy atom. The van der Waals surface area contributed by atoms with Crippen LogP contribution in [0.5, 0.6) is 0 Å². The zero-order chi connectivity index (χ0) is 24.1. The number of halogens is 2. The second-order valence-corrected chi connectivity index (χ2v) is 9.38. The fourth-order valence-electron chi connectivity index (χ4n) is 4.50. The van der Waals surface area contributed by atoms with Crippen molar-refractivity contribution < 1.29 is 19.1 Å². The number of carbonyl (C=O) groups excluding carboxylic acids is 3. The van der Waals surface area contributed by atoms with Gasteiger partial charge in [0.15, 0.2) is 0 Å². The molecule has 180 valence electrons. The number of rotatable bonds is 6. The van der Waals surface area contributed by atoms with Crippen LogP contribution in [0.15, 0.2) is 48.5 Å². The molecule has 34 heavy (non-hydrogen) atoms. The van der Waals surface area contributed by atoms with Gasteiger partial charge in [-0.15, -0.1) is 0 Å². The van der Waals surface area contributed by atoms with Crippen molar-refractivity contribution in [3.05, 3.63) is 69.7 Å². The highest BCUT2D eigenvalue weighted by Gasteiger charge is 2.42. The van der Waals surface area contributed by atoms with Crippen molar-refractivity contribution in [3.63, 3.8) is 0 Å². The van der Waals surface area contributed by atoms with Crippen LogP contribution in [-0.2, 0) is 27.5 Å². The molecule has 7 nitrogen and oxygen atoms in total. The monoisotopic (exact) mass is 503 g/mol. The SMILES string of the molecule is O=C(NCc1ccc(Cl)cc1Cl)[C@@H]1CCCN1C(=O)[C@@H]1CCCN1C(=O)OCc1ccccc1. The maximum Gasteiger partial charge on any atom is 0.410 e. The van der Waals surface area contributed by atoms with E-state index < -0.39 is 18.2 Å². The molecule has 1 N–H and O–H groups in total. The van der Waals surface area contributed by atoms with Crippen molar-refractivity contribution in [2.75, 3.05) is 13.1 Å². The molecule has 0 radical (unpaired) electrons. The summed E-state index contributed by atoms with van der Waals surface area (Å²) >= 11 is 12.1. The van der Waals surface area contributed by atoms with Crippen molar-refractivity contribution in [3.8, 4) is 0 Å². The summed E-state index contributed by atoms with van der Waals surface area (Å²) in [6.07, 6.45) is 2.09. The molecule has 3 amide bonds. The van der Waals surface area contributed by atoms with Crippen LogP contribution in [0.2, 0.25) is 10.0 Å². The lowest BCUT2D eigenvalue weighted by Crippen LogP contribution is -2.52. The van der Waals surface area contributed by atoms with Crippen molar-refractivity contribution in [2.24, 2.45) is 0 Å². The van der Waals surface area contributed by atoms with E-state index in [1.807, 2.05) is 30.3 Å². The summed E-state index contributed by atoms with van der Waals surface area (Å²) in [6.45, 7) is 1.35. The van der Waals surface area contributed by atoms with E-state index in [9.17, 15) is 14.4 Å². The molecule has 9 heteroatoms. The fourth-order valence-corrected chi connectivity index (χ4v) is 4.98. The van der Waals surface area contributed by atoms with Crippen molar-refractivity contribution in [1.29, 1.82) is 0 Å². The maximum absolute atomic E-state index is 13.4. The summed E-state index contributed by atoms with van der Waals surface area (Å²) in [5.41, 5.74) is 1.63. The first kappa shape index (κ1) is 24.4. The molecule has 2 fully saturated rings. The molecule has 0 bridgehead atoms. The molecule has 2 aromatic carbocycles. The zero-order valence-corrected chi connectivity index (χ0v) is 20.2. The van der Waals surface area contributed by atoms with Gasteiger partial charge in [-0.2, -0.15) is 0 Å². The molecule has 2 saturated heterocycles. The van der Waals surface area contributed by atoms with Crippen LogP contribution in [0.1, 0.15) is 36.8 Å². The van der Waals surface area contributed by atoms with Crippen LogP contribution in [0, 0.1) is 0 Å². The van der Waals surface area contributed by atoms with E-state index >= 15 is 0 Å². The van der Waals surface area contributed by atoms with Gasteiger partial charge in [0, 0.05) is 29.7 Å². The molecule has 0 aliphatic carbocycles. The summed E-state index contributed by atoms with van der Waals surface area (Å²) in [4.78, 5) is 42.1. The van der Waals surface area contributed by atoms with Gasteiger partial charge in [-0.1, -0.05) is 59.6 Å². The zero-order valence-electron chi connectivity index (χ0n) is 18.7. The lowest BCUT2D eigenvalue weighted by Gasteiger charge is -2.30. The van der Waals surface area contributed by atoms with Gasteiger partial charge in [0.25, 0.3) is 0 Å². The van der Waals surface area contributed by atoms with Crippen molar-refractivity contribution >= 4 is 41.1 Å². The van der Waals surface area contributed by atoms with Gasteiger partial charge in [0.05, 0.1) is 0 Å². The highest BCUT2D eigenvalue weighted by molar-refractivity contribution is 6.35. The van der Waals surface area contributed by atoms with E-state index in [2.05, 4.69) is 5.32 Å². The first-order valence-electron chi connectivity index (χ1n) is 11.4. The Bertz CT molecular complexity index is 1050. The molecule has 0 saturated carbocycles. The number of hydrogen-bond acceptors (Lipinski definition) is 4. The summed E-state index contributed by atoms with van der Waals surface area (Å²) in [7, 11) is 0. The van der Waals surface area contributed by atoms with E-state index in [4.69, 9.17) is 27.9 Å². The van der Waals surface area contributed by atoms with E-state index in [0.717, 1.165) is 24.0 Å². The third-order valence-corrected chi connectivity index (χ3v) is 6.87. The second kappa shape index (κ2) is 11.1. The molecule has 2 aromatic rings. The first-order valence-corrected chi connectivity index (χ1v) is 12.2. The molecule has 0 unspecified atom stereocenters. The third-order valence-electron chi connectivity index (χ3n) is 6.28. The molecule has 4 rings (SSSR count). The molecule has 2 aliphatic heterocycles. The summed E-state index contributed by atoms with van der Waals surface area (Å²) in [5.74, 6) is -0.426. The van der Waals surface area contributed by atoms with Gasteiger partial charge in [-0.05, 0) is 48.9 Å². The Labute approximate surface area is 208 Å². The van der Waals surface area contributed by atoms with E-state index in [0.29, 0.717) is 36.0 Å². The van der Waals surface area contributed by atoms with Crippen LogP contribution >= 0.6 is 23.2 Å². The third kappa shape index (κ3) is 5.65. The highest BCUT2D eigenvalue weighted by atomic mass is 35.5. The number of nitrogens with one attached hydrogen (secondary N) is 1. The Balaban J connectivity index is 1.35. The quantitative estimate of drug-likeness (QED) is 0.633. The Morgan fingerprint density at radius 3 is 2.38 bits per heavy atom. The van der Waals surface area contributed by atoms with Gasteiger partial charge in [-0.3, -0.25) is 14.5 Å². The number of carbonyl (C=O) groups is 3. The number of amides is 3. The molecular weight excluding hydrogens is 477 g/mol. The summed E-state index contributed by atoms with van der Waals surface area (Å²) in [5, 5.41) is 3.88. The van der Waals surface area contributed by atoms with Crippen LogP contribution in [-0.4, -0.2) is 52.9 Å². The minimum atomic E-state index is -0.609. The molecular formula is C25H27Cl2N3O4. The first-order chi connectivity index (χ1) is 16.4. The van der Waals surface area contributed by atoms with Crippen molar-refractivity contribution in [1.82, 2.24) is 15.1 Å². The average Bonchev–Trinajstić information content (AvgIpc) is 3.52. The average molecular weight is 504 g/mol. The van der Waals surface area contributed by atoms with E-state index in [-0.39, 0.29) is 25.0 Å². The Kier molecular flexibility index (Phi) is 7.95. The summed E-state index contributed by atoms with van der Waals surface area (Å²) < 4.78 is 5.45. The summed E-state index contributed by atoms with van der Waals surface area (Å²) in [6, 6.07) is 13.3. The van der Waals surface area contributed by atoms with Gasteiger partial charge >= 0.3 is 6.09 Å². The van der Waals surface area contributed by atoms with Gasteiger partial charge in [0.2, 0.25) is 11.8 Å². The smallest absolute Gasteiger partial charge is 0.410 e. The maximum atomic E-state index is 13.4. The second-order valence-electron chi connectivity index (χ2n) is 8.53. The van der Waals surface area contributed by atoms with Crippen LogP contribution in [0.4, 0.5) is 4.79 Å². The molecule has 0 aromatic heterocycles. The van der Waals surface area contributed by atoms with Crippen molar-refractivity contribution in [2.45, 2.75) is 50.9 Å². The van der Waals surface area contributed by atoms with Gasteiger partial charge < -0.3 is 15.0 Å². The minimum absolute atomic E-state index is 0.152. The number of ether oxygens (including phenoxy) is 1. The normalized spacial score (nSPS) is 19.8. The predicted molar refractivity (Wildman–Crippen MR) is 129 cm³/mol. The molecule has 2 atom stereocenters. The topological polar surface area (TPSA) is 79.0 Å². The fraction of sp³-hybridized carbons (Fsp3) is 0.400. The molecule has 2 aliphatic rings. The predicted octanol–water partition coefficient (Wildman–Crippen LogP) is 4.40. The van der Waals surface area contributed by atoms with Crippen LogP contribution < -0.4 is 5.32 Å². The van der Waals surface area contributed by atoms with E-state index in [1.165, 1.54) is 4.90 Å². The Morgan fingerprint density at radius 2 is 1.65 bits per heavy atom. The number of benzene rings is 2. The highest BCUT2D eigenvalue weighted by Crippen LogP contribution is 2.26. The number of hydrogen-bond donors (Lipinski definition) is 1. The number of likely N-dealkylation sites (tertiary alicyclic amines) is 2. The molecule has 0 spiro atoms.